The van der Waals surface area contributed by atoms with Gasteiger partial charge in [-0.25, -0.2) is 0 Å². The first kappa shape index (κ1) is 6.25. The topological polar surface area (TPSA) is 0 Å². The van der Waals surface area contributed by atoms with Crippen molar-refractivity contribution < 1.29 is 0 Å². The van der Waals surface area contributed by atoms with Crippen LogP contribution in [-0.2, 0) is 0 Å². The van der Waals surface area contributed by atoms with E-state index in [-0.39, 0.29) is 0 Å². The van der Waals surface area contributed by atoms with Crippen molar-refractivity contribution in [2.45, 2.75) is 20.3 Å². The van der Waals surface area contributed by atoms with Gasteiger partial charge in [-0.1, -0.05) is 6.08 Å². The van der Waals surface area contributed by atoms with Crippen molar-refractivity contribution in [3.05, 3.63) is 35.5 Å². The first-order chi connectivity index (χ1) is 4.38. The van der Waals surface area contributed by atoms with E-state index in [4.69, 9.17) is 0 Å². The molecule has 0 bridgehead atoms. The molecule has 46 valence electrons. The number of rotatable bonds is 0. The van der Waals surface area contributed by atoms with Gasteiger partial charge in [-0.15, -0.1) is 0 Å². The maximum absolute atomic E-state index is 3.15. The van der Waals surface area contributed by atoms with Crippen LogP contribution in [0.5, 0.6) is 0 Å². The summed E-state index contributed by atoms with van der Waals surface area (Å²) in [5.74, 6) is 0. The van der Waals surface area contributed by atoms with Gasteiger partial charge in [0.05, 0.1) is 13.0 Å². The number of hydrogen-bond donors (Lipinski definition) is 0. The van der Waals surface area contributed by atoms with Crippen LogP contribution in [0.3, 0.4) is 0 Å². The van der Waals surface area contributed by atoms with E-state index in [0.717, 1.165) is 6.42 Å². The third kappa shape index (κ3) is 1.09. The Morgan fingerprint density at radius 2 is 2.44 bits per heavy atom. The molecule has 1 rings (SSSR count). The van der Waals surface area contributed by atoms with Crippen LogP contribution in [0.4, 0.5) is 0 Å². The molecule has 0 nitrogen and oxygen atoms in total. The summed E-state index contributed by atoms with van der Waals surface area (Å²) in [6.07, 6.45) is 10.6. The van der Waals surface area contributed by atoms with E-state index in [0.29, 0.717) is 0 Å². The molecular weight excluding hydrogens is 108 g/mol. The fourth-order valence-corrected chi connectivity index (χ4v) is 1.04. The lowest BCUT2D eigenvalue weighted by Crippen LogP contribution is -1.75. The van der Waals surface area contributed by atoms with Crippen molar-refractivity contribution in [3.8, 4) is 0 Å². The molecule has 1 aliphatic rings. The molecule has 0 heteroatoms. The van der Waals surface area contributed by atoms with Gasteiger partial charge in [-0.2, -0.15) is 0 Å². The summed E-state index contributed by atoms with van der Waals surface area (Å²) in [4.78, 5) is 0. The van der Waals surface area contributed by atoms with E-state index < -0.39 is 0 Å². The molecule has 9 heavy (non-hydrogen) atoms. The predicted molar refractivity (Wildman–Crippen MR) is 39.9 cm³/mol. The molecular formula is C9H11+. The molecule has 0 aromatic rings. The standard InChI is InChI=1S/C9H11/c1-3-8-6-5-7-9(8)4-2/h3,5-6H,7H2,1-2H3/q+1. The molecule has 0 saturated heterocycles. The van der Waals surface area contributed by atoms with Gasteiger partial charge < -0.3 is 0 Å². The molecule has 0 saturated carbocycles. The maximum atomic E-state index is 3.15. The van der Waals surface area contributed by atoms with E-state index in [9.17, 15) is 0 Å². The minimum Gasteiger partial charge on any atom is -0.0547 e. The first-order valence-electron chi connectivity index (χ1n) is 3.25. The first-order valence-corrected chi connectivity index (χ1v) is 3.25. The van der Waals surface area contributed by atoms with E-state index in [1.54, 1.807) is 0 Å². The predicted octanol–water partition coefficient (Wildman–Crippen LogP) is 2.64. The molecule has 0 unspecified atom stereocenters. The highest BCUT2D eigenvalue weighted by Crippen LogP contribution is 2.21. The second-order valence-electron chi connectivity index (χ2n) is 2.08. The SMILES string of the molecule is C[C+]=C1CC=CC1=CC. The van der Waals surface area contributed by atoms with E-state index in [1.807, 2.05) is 6.92 Å². The summed E-state index contributed by atoms with van der Waals surface area (Å²) in [6, 6.07) is 0. The van der Waals surface area contributed by atoms with E-state index >= 15 is 0 Å². The van der Waals surface area contributed by atoms with E-state index in [2.05, 4.69) is 31.2 Å². The molecule has 0 N–H and O–H groups in total. The zero-order valence-corrected chi connectivity index (χ0v) is 5.94. The van der Waals surface area contributed by atoms with Crippen LogP contribution in [-0.4, -0.2) is 0 Å². The minimum absolute atomic E-state index is 1.07. The van der Waals surface area contributed by atoms with Gasteiger partial charge in [0.1, 0.15) is 5.57 Å². The third-order valence-electron chi connectivity index (χ3n) is 1.58. The van der Waals surface area contributed by atoms with Crippen molar-refractivity contribution >= 4 is 0 Å². The van der Waals surface area contributed by atoms with Crippen molar-refractivity contribution in [3.63, 3.8) is 0 Å². The summed E-state index contributed by atoms with van der Waals surface area (Å²) in [6.45, 7) is 4.02. The molecule has 0 spiro atoms. The molecule has 0 aliphatic heterocycles. The summed E-state index contributed by atoms with van der Waals surface area (Å²) >= 11 is 0. The highest BCUT2D eigenvalue weighted by molar-refractivity contribution is 5.44. The van der Waals surface area contributed by atoms with Crippen molar-refractivity contribution in [1.29, 1.82) is 0 Å². The zero-order chi connectivity index (χ0) is 6.69. The lowest BCUT2D eigenvalue weighted by atomic mass is 10.1. The fourth-order valence-electron chi connectivity index (χ4n) is 1.04. The van der Waals surface area contributed by atoms with Gasteiger partial charge in [-0.05, 0) is 6.92 Å². The Labute approximate surface area is 56.6 Å². The van der Waals surface area contributed by atoms with Crippen LogP contribution in [0.15, 0.2) is 29.4 Å². The van der Waals surface area contributed by atoms with Crippen LogP contribution in [0.2, 0.25) is 0 Å². The van der Waals surface area contributed by atoms with Gasteiger partial charge in [0, 0.05) is 18.6 Å². The van der Waals surface area contributed by atoms with Gasteiger partial charge in [-0.3, -0.25) is 0 Å². The Hall–Kier alpha value is -0.870. The molecule has 0 radical (unpaired) electrons. The quantitative estimate of drug-likeness (QED) is 0.430. The van der Waals surface area contributed by atoms with Gasteiger partial charge in [0.15, 0.2) is 5.57 Å². The molecule has 0 amide bonds. The van der Waals surface area contributed by atoms with Gasteiger partial charge in [0.25, 0.3) is 0 Å². The largest absolute Gasteiger partial charge is 0.177 e. The zero-order valence-electron chi connectivity index (χ0n) is 5.94. The Balaban J connectivity index is 2.84. The second-order valence-corrected chi connectivity index (χ2v) is 2.08. The lowest BCUT2D eigenvalue weighted by Gasteiger charge is -1.80. The fraction of sp³-hybridized carbons (Fsp3) is 0.333. The average molecular weight is 119 g/mol. The molecule has 1 aliphatic carbocycles. The van der Waals surface area contributed by atoms with Crippen LogP contribution in [0, 0.1) is 6.08 Å². The van der Waals surface area contributed by atoms with Crippen molar-refractivity contribution in [2.75, 3.05) is 0 Å². The highest BCUT2D eigenvalue weighted by atomic mass is 14.1. The third-order valence-corrected chi connectivity index (χ3v) is 1.58. The highest BCUT2D eigenvalue weighted by Gasteiger charge is 2.15. The van der Waals surface area contributed by atoms with E-state index in [1.165, 1.54) is 11.1 Å². The van der Waals surface area contributed by atoms with Crippen LogP contribution in [0.25, 0.3) is 0 Å². The van der Waals surface area contributed by atoms with Crippen molar-refractivity contribution in [1.82, 2.24) is 0 Å². The average Bonchev–Trinajstić information content (AvgIpc) is 2.33. The Kier molecular flexibility index (Phi) is 1.81. The molecule has 0 aromatic carbocycles. The maximum Gasteiger partial charge on any atom is 0.177 e. The molecule has 0 atom stereocenters. The molecule has 0 heterocycles. The lowest BCUT2D eigenvalue weighted by molar-refractivity contribution is 1.27. The second kappa shape index (κ2) is 2.61. The summed E-state index contributed by atoms with van der Waals surface area (Å²) in [5, 5.41) is 0. The minimum atomic E-state index is 1.07. The van der Waals surface area contributed by atoms with Crippen LogP contribution < -0.4 is 0 Å². The van der Waals surface area contributed by atoms with Gasteiger partial charge in [0.2, 0.25) is 0 Å². The Morgan fingerprint density at radius 1 is 1.67 bits per heavy atom. The summed E-state index contributed by atoms with van der Waals surface area (Å²) in [5.41, 5.74) is 2.66. The Bertz CT molecular complexity index is 180. The molecule has 0 aromatic heterocycles. The number of hydrogen-bond acceptors (Lipinski definition) is 0. The van der Waals surface area contributed by atoms with Crippen LogP contribution >= 0.6 is 0 Å². The molecule has 0 fully saturated rings. The monoisotopic (exact) mass is 119 g/mol. The summed E-state index contributed by atoms with van der Waals surface area (Å²) < 4.78 is 0. The van der Waals surface area contributed by atoms with Crippen LogP contribution in [0.1, 0.15) is 20.3 Å². The smallest absolute Gasteiger partial charge is 0.0547 e. The Morgan fingerprint density at radius 3 is 2.89 bits per heavy atom. The van der Waals surface area contributed by atoms with Crippen molar-refractivity contribution in [2.24, 2.45) is 0 Å². The summed E-state index contributed by atoms with van der Waals surface area (Å²) in [7, 11) is 0. The van der Waals surface area contributed by atoms with Gasteiger partial charge >= 0.3 is 0 Å². The number of allylic oxidation sites excluding steroid dienone is 6. The normalized spacial score (nSPS) is 25.6.